The van der Waals surface area contributed by atoms with E-state index in [0.717, 1.165) is 5.69 Å². The second-order valence-electron chi connectivity index (χ2n) is 4.75. The number of non-ortho nitro benzene ring substituents is 1. The summed E-state index contributed by atoms with van der Waals surface area (Å²) in [7, 11) is 1.91. The monoisotopic (exact) mass is 306 g/mol. The first-order valence-electron chi connectivity index (χ1n) is 6.38. The van der Waals surface area contributed by atoms with E-state index < -0.39 is 4.92 Å². The molecule has 0 aliphatic carbocycles. The zero-order valence-corrected chi connectivity index (χ0v) is 12.5. The van der Waals surface area contributed by atoms with Gasteiger partial charge in [-0.3, -0.25) is 25.0 Å². The van der Waals surface area contributed by atoms with E-state index in [-0.39, 0.29) is 11.7 Å². The topological polar surface area (TPSA) is 72.2 Å². The van der Waals surface area contributed by atoms with E-state index in [4.69, 9.17) is 11.6 Å². The van der Waals surface area contributed by atoms with Crippen LogP contribution in [0.3, 0.4) is 0 Å². The number of hydrogen-bond donors (Lipinski definition) is 0. The predicted octanol–water partition coefficient (Wildman–Crippen LogP) is 3.23. The summed E-state index contributed by atoms with van der Waals surface area (Å²) in [6.07, 6.45) is 4.96. The summed E-state index contributed by atoms with van der Waals surface area (Å²) in [5.41, 5.74) is 1.58. The lowest BCUT2D eigenvalue weighted by molar-refractivity contribution is -0.384. The molecule has 0 spiro atoms. The number of nitro groups is 1. The smallest absolute Gasteiger partial charge is 0.269 e. The molecule has 0 saturated heterocycles. The largest absolute Gasteiger partial charge is 0.294 e. The number of benzene rings is 1. The molecule has 21 heavy (non-hydrogen) atoms. The molecule has 7 heteroatoms. The van der Waals surface area contributed by atoms with Crippen LogP contribution in [0.15, 0.2) is 36.8 Å². The molecule has 0 N–H and O–H groups in total. The third kappa shape index (κ3) is 3.74. The van der Waals surface area contributed by atoms with Crippen molar-refractivity contribution in [2.24, 2.45) is 0 Å². The Balaban J connectivity index is 2.17. The van der Waals surface area contributed by atoms with Crippen molar-refractivity contribution in [3.8, 4) is 0 Å². The Morgan fingerprint density at radius 2 is 2.19 bits per heavy atom. The van der Waals surface area contributed by atoms with E-state index in [1.165, 1.54) is 12.1 Å². The molecule has 0 aliphatic rings. The van der Waals surface area contributed by atoms with E-state index in [9.17, 15) is 10.1 Å². The first kappa shape index (κ1) is 15.3. The van der Waals surface area contributed by atoms with Gasteiger partial charge in [0.05, 0.1) is 16.7 Å². The Morgan fingerprint density at radius 3 is 2.81 bits per heavy atom. The molecule has 1 unspecified atom stereocenters. The summed E-state index contributed by atoms with van der Waals surface area (Å²) in [4.78, 5) is 20.7. The lowest BCUT2D eigenvalue weighted by Gasteiger charge is -2.24. The highest BCUT2D eigenvalue weighted by atomic mass is 35.5. The summed E-state index contributed by atoms with van der Waals surface area (Å²) >= 11 is 6.12. The predicted molar refractivity (Wildman–Crippen MR) is 80.0 cm³/mol. The van der Waals surface area contributed by atoms with Crippen LogP contribution >= 0.6 is 11.6 Å². The normalized spacial score (nSPS) is 12.4. The average molecular weight is 307 g/mol. The van der Waals surface area contributed by atoms with Crippen LogP contribution in [0.25, 0.3) is 0 Å². The van der Waals surface area contributed by atoms with Crippen molar-refractivity contribution in [1.29, 1.82) is 0 Å². The highest BCUT2D eigenvalue weighted by Gasteiger charge is 2.16. The summed E-state index contributed by atoms with van der Waals surface area (Å²) < 4.78 is 0. The highest BCUT2D eigenvalue weighted by Crippen LogP contribution is 2.25. The van der Waals surface area contributed by atoms with E-state index >= 15 is 0 Å². The summed E-state index contributed by atoms with van der Waals surface area (Å²) in [6, 6.07) is 4.48. The van der Waals surface area contributed by atoms with Gasteiger partial charge >= 0.3 is 0 Å². The lowest BCUT2D eigenvalue weighted by Crippen LogP contribution is -2.23. The van der Waals surface area contributed by atoms with E-state index in [0.29, 0.717) is 17.1 Å². The molecule has 2 aromatic rings. The third-order valence-electron chi connectivity index (χ3n) is 3.33. The van der Waals surface area contributed by atoms with Crippen LogP contribution in [0, 0.1) is 10.1 Å². The van der Waals surface area contributed by atoms with Crippen LogP contribution in [0.5, 0.6) is 0 Å². The number of nitro benzene ring substituents is 1. The molecule has 1 aromatic heterocycles. The standard InChI is InChI=1S/C14H15ClN4O2/c1-10(14-8-16-5-6-17-14)18(2)9-11-7-12(19(20)21)3-4-13(11)15/h3-8,10H,9H2,1-2H3. The molecule has 0 amide bonds. The first-order chi connectivity index (χ1) is 9.99. The second-order valence-corrected chi connectivity index (χ2v) is 5.16. The van der Waals surface area contributed by atoms with Gasteiger partial charge in [0.25, 0.3) is 5.69 Å². The lowest BCUT2D eigenvalue weighted by atomic mass is 10.1. The molecule has 6 nitrogen and oxygen atoms in total. The molecule has 1 atom stereocenters. The van der Waals surface area contributed by atoms with E-state index in [2.05, 4.69) is 9.97 Å². The molecule has 0 saturated carbocycles. The first-order valence-corrected chi connectivity index (χ1v) is 6.76. The fraction of sp³-hybridized carbons (Fsp3) is 0.286. The second kappa shape index (κ2) is 6.60. The van der Waals surface area contributed by atoms with Gasteiger partial charge in [-0.25, -0.2) is 0 Å². The highest BCUT2D eigenvalue weighted by molar-refractivity contribution is 6.31. The van der Waals surface area contributed by atoms with Gasteiger partial charge in [-0.15, -0.1) is 0 Å². The Kier molecular flexibility index (Phi) is 4.82. The van der Waals surface area contributed by atoms with Gasteiger partial charge in [0.2, 0.25) is 0 Å². The van der Waals surface area contributed by atoms with Gasteiger partial charge in [0, 0.05) is 42.3 Å². The Morgan fingerprint density at radius 1 is 1.43 bits per heavy atom. The third-order valence-corrected chi connectivity index (χ3v) is 3.70. The van der Waals surface area contributed by atoms with Gasteiger partial charge in [0.15, 0.2) is 0 Å². The van der Waals surface area contributed by atoms with Crippen molar-refractivity contribution in [3.05, 3.63) is 63.2 Å². The van der Waals surface area contributed by atoms with Crippen molar-refractivity contribution in [2.45, 2.75) is 19.5 Å². The number of hydrogen-bond acceptors (Lipinski definition) is 5. The fourth-order valence-corrected chi connectivity index (χ4v) is 2.13. The van der Waals surface area contributed by atoms with Crippen molar-refractivity contribution < 1.29 is 4.92 Å². The fourth-order valence-electron chi connectivity index (χ4n) is 1.95. The van der Waals surface area contributed by atoms with E-state index in [1.54, 1.807) is 24.7 Å². The average Bonchev–Trinajstić information content (AvgIpc) is 2.49. The summed E-state index contributed by atoms with van der Waals surface area (Å²) in [5.74, 6) is 0. The quantitative estimate of drug-likeness (QED) is 0.626. The maximum atomic E-state index is 10.8. The van der Waals surface area contributed by atoms with Crippen LogP contribution in [0.4, 0.5) is 5.69 Å². The van der Waals surface area contributed by atoms with Crippen molar-refractivity contribution in [2.75, 3.05) is 7.05 Å². The maximum absolute atomic E-state index is 10.8. The molecule has 110 valence electrons. The van der Waals surface area contributed by atoms with E-state index in [1.807, 2.05) is 18.9 Å². The molecule has 0 fully saturated rings. The molecule has 1 aromatic carbocycles. The molecule has 0 aliphatic heterocycles. The zero-order chi connectivity index (χ0) is 15.4. The van der Waals surface area contributed by atoms with Crippen LogP contribution in [-0.2, 0) is 6.54 Å². The number of nitrogens with zero attached hydrogens (tertiary/aromatic N) is 4. The summed E-state index contributed by atoms with van der Waals surface area (Å²) in [5, 5.41) is 11.3. The van der Waals surface area contributed by atoms with Gasteiger partial charge in [0.1, 0.15) is 0 Å². The van der Waals surface area contributed by atoms with Gasteiger partial charge in [-0.2, -0.15) is 0 Å². The Labute approximate surface area is 127 Å². The van der Waals surface area contributed by atoms with Gasteiger partial charge < -0.3 is 0 Å². The van der Waals surface area contributed by atoms with Crippen molar-refractivity contribution in [1.82, 2.24) is 14.9 Å². The molecule has 2 rings (SSSR count). The SMILES string of the molecule is CC(c1cnccn1)N(C)Cc1cc([N+](=O)[O-])ccc1Cl. The van der Waals surface area contributed by atoms with Crippen LogP contribution in [0.1, 0.15) is 24.2 Å². The minimum atomic E-state index is -0.425. The van der Waals surface area contributed by atoms with Crippen LogP contribution in [-0.4, -0.2) is 26.8 Å². The minimum Gasteiger partial charge on any atom is -0.294 e. The van der Waals surface area contributed by atoms with Crippen LogP contribution in [0.2, 0.25) is 5.02 Å². The van der Waals surface area contributed by atoms with Crippen molar-refractivity contribution in [3.63, 3.8) is 0 Å². The van der Waals surface area contributed by atoms with Gasteiger partial charge in [-0.05, 0) is 25.6 Å². The van der Waals surface area contributed by atoms with Gasteiger partial charge in [-0.1, -0.05) is 11.6 Å². The molecular formula is C14H15ClN4O2. The summed E-state index contributed by atoms with van der Waals surface area (Å²) in [6.45, 7) is 2.48. The zero-order valence-electron chi connectivity index (χ0n) is 11.7. The van der Waals surface area contributed by atoms with Crippen molar-refractivity contribution >= 4 is 17.3 Å². The molecule has 1 heterocycles. The number of rotatable bonds is 5. The molecule has 0 radical (unpaired) electrons. The number of halogens is 1. The van der Waals surface area contributed by atoms with Crippen LogP contribution < -0.4 is 0 Å². The Bertz CT molecular complexity index is 636. The minimum absolute atomic E-state index is 0.0222. The molecular weight excluding hydrogens is 292 g/mol. The number of aromatic nitrogens is 2. The maximum Gasteiger partial charge on any atom is 0.269 e. The molecule has 0 bridgehead atoms. The Hall–Kier alpha value is -2.05.